The molecule has 0 spiro atoms. The second kappa shape index (κ2) is 4.58. The molecule has 0 radical (unpaired) electrons. The molecule has 3 nitrogen and oxygen atoms in total. The lowest BCUT2D eigenvalue weighted by Crippen LogP contribution is -2.11. The highest BCUT2D eigenvalue weighted by molar-refractivity contribution is 5.36. The zero-order valence-corrected chi connectivity index (χ0v) is 7.83. The lowest BCUT2D eigenvalue weighted by molar-refractivity contribution is 0.404. The molecule has 0 heterocycles. The third-order valence-electron chi connectivity index (χ3n) is 1.90. The molecular weight excluding hydrogens is 183 g/mol. The third kappa shape index (κ3) is 2.21. The van der Waals surface area contributed by atoms with E-state index in [0.29, 0.717) is 11.3 Å². The first-order valence-corrected chi connectivity index (χ1v) is 4.15. The first kappa shape index (κ1) is 10.5. The molecule has 74 valence electrons. The van der Waals surface area contributed by atoms with Crippen LogP contribution in [0.3, 0.4) is 0 Å². The number of hydrogen-bond donors (Lipinski definition) is 1. The summed E-state index contributed by atoms with van der Waals surface area (Å²) in [6.45, 7) is 0. The van der Waals surface area contributed by atoms with E-state index in [1.807, 2.05) is 6.07 Å². The van der Waals surface area contributed by atoms with Gasteiger partial charge < -0.3 is 10.5 Å². The van der Waals surface area contributed by atoms with Crippen molar-refractivity contribution in [2.75, 3.05) is 7.11 Å². The fraction of sp³-hybridized carbons (Fsp3) is 0.300. The van der Waals surface area contributed by atoms with E-state index in [2.05, 4.69) is 0 Å². The summed E-state index contributed by atoms with van der Waals surface area (Å²) in [7, 11) is 1.48. The van der Waals surface area contributed by atoms with Crippen LogP contribution in [-0.2, 0) is 0 Å². The van der Waals surface area contributed by atoms with Crippen molar-refractivity contribution in [1.29, 1.82) is 5.26 Å². The second-order valence-corrected chi connectivity index (χ2v) is 2.86. The molecule has 1 aromatic rings. The van der Waals surface area contributed by atoms with Crippen LogP contribution < -0.4 is 10.5 Å². The van der Waals surface area contributed by atoms with Crippen molar-refractivity contribution in [2.45, 2.75) is 12.5 Å². The van der Waals surface area contributed by atoms with E-state index >= 15 is 0 Å². The van der Waals surface area contributed by atoms with Gasteiger partial charge in [-0.2, -0.15) is 5.26 Å². The number of nitrogens with zero attached hydrogens (tertiary/aromatic N) is 1. The number of nitriles is 1. The lowest BCUT2D eigenvalue weighted by Gasteiger charge is -2.12. The van der Waals surface area contributed by atoms with Crippen LogP contribution in [0.4, 0.5) is 4.39 Å². The molecule has 0 fully saturated rings. The van der Waals surface area contributed by atoms with Crippen molar-refractivity contribution >= 4 is 0 Å². The average molecular weight is 194 g/mol. The van der Waals surface area contributed by atoms with E-state index in [1.165, 1.54) is 25.3 Å². The Morgan fingerprint density at radius 2 is 2.36 bits per heavy atom. The second-order valence-electron chi connectivity index (χ2n) is 2.86. The number of hydrogen-bond acceptors (Lipinski definition) is 3. The first-order valence-electron chi connectivity index (χ1n) is 4.15. The molecule has 14 heavy (non-hydrogen) atoms. The van der Waals surface area contributed by atoms with Gasteiger partial charge in [0.15, 0.2) is 0 Å². The Hall–Kier alpha value is -1.60. The highest BCUT2D eigenvalue weighted by Crippen LogP contribution is 2.25. The maximum atomic E-state index is 12.9. The van der Waals surface area contributed by atoms with Gasteiger partial charge in [-0.15, -0.1) is 0 Å². The van der Waals surface area contributed by atoms with E-state index in [4.69, 9.17) is 15.7 Å². The summed E-state index contributed by atoms with van der Waals surface area (Å²) in [5.74, 6) is 0.128. The minimum absolute atomic E-state index is 0.139. The van der Waals surface area contributed by atoms with Gasteiger partial charge in [0.2, 0.25) is 0 Å². The van der Waals surface area contributed by atoms with Crippen LogP contribution in [0, 0.1) is 17.1 Å². The number of rotatable bonds is 3. The van der Waals surface area contributed by atoms with Crippen molar-refractivity contribution in [3.05, 3.63) is 29.6 Å². The number of benzene rings is 1. The minimum Gasteiger partial charge on any atom is -0.496 e. The highest BCUT2D eigenvalue weighted by atomic mass is 19.1. The summed E-state index contributed by atoms with van der Waals surface area (Å²) >= 11 is 0. The van der Waals surface area contributed by atoms with Gasteiger partial charge in [0.25, 0.3) is 0 Å². The summed E-state index contributed by atoms with van der Waals surface area (Å²) in [5.41, 5.74) is 6.20. The number of methoxy groups -OCH3 is 1. The first-order chi connectivity index (χ1) is 6.69. The van der Waals surface area contributed by atoms with Gasteiger partial charge in [0.05, 0.1) is 19.6 Å². The van der Waals surface area contributed by atoms with Crippen molar-refractivity contribution in [1.82, 2.24) is 0 Å². The Balaban J connectivity index is 3.04. The van der Waals surface area contributed by atoms with Crippen LogP contribution in [0.15, 0.2) is 18.2 Å². The predicted molar refractivity (Wildman–Crippen MR) is 50.1 cm³/mol. The molecule has 4 heteroatoms. The van der Waals surface area contributed by atoms with Crippen LogP contribution in [0.5, 0.6) is 5.75 Å². The van der Waals surface area contributed by atoms with E-state index in [9.17, 15) is 4.39 Å². The zero-order valence-electron chi connectivity index (χ0n) is 7.83. The Labute approximate surface area is 81.9 Å². The molecule has 0 aliphatic carbocycles. The number of nitrogens with two attached hydrogens (primary N) is 1. The van der Waals surface area contributed by atoms with Crippen LogP contribution in [0.2, 0.25) is 0 Å². The maximum Gasteiger partial charge on any atom is 0.123 e. The smallest absolute Gasteiger partial charge is 0.123 e. The van der Waals surface area contributed by atoms with Crippen LogP contribution in [0.1, 0.15) is 18.0 Å². The van der Waals surface area contributed by atoms with Crippen LogP contribution in [0.25, 0.3) is 0 Å². The van der Waals surface area contributed by atoms with Crippen LogP contribution in [-0.4, -0.2) is 7.11 Å². The molecule has 1 aromatic carbocycles. The van der Waals surface area contributed by atoms with Crippen molar-refractivity contribution in [3.8, 4) is 11.8 Å². The Bertz CT molecular complexity index is 360. The van der Waals surface area contributed by atoms with Crippen molar-refractivity contribution in [2.24, 2.45) is 5.73 Å². The van der Waals surface area contributed by atoms with Gasteiger partial charge in [0, 0.05) is 11.6 Å². The molecule has 1 rings (SSSR count). The predicted octanol–water partition coefficient (Wildman–Crippen LogP) is 1.75. The number of ether oxygens (including phenoxy) is 1. The topological polar surface area (TPSA) is 59.0 Å². The number of halogens is 1. The fourth-order valence-corrected chi connectivity index (χ4v) is 1.20. The monoisotopic (exact) mass is 194 g/mol. The Kier molecular flexibility index (Phi) is 3.43. The summed E-state index contributed by atoms with van der Waals surface area (Å²) < 4.78 is 17.9. The van der Waals surface area contributed by atoms with Crippen molar-refractivity contribution in [3.63, 3.8) is 0 Å². The molecule has 0 unspecified atom stereocenters. The van der Waals surface area contributed by atoms with E-state index in [-0.39, 0.29) is 12.2 Å². The Morgan fingerprint density at radius 3 is 2.93 bits per heavy atom. The van der Waals surface area contributed by atoms with E-state index in [1.54, 1.807) is 0 Å². The molecule has 2 N–H and O–H groups in total. The van der Waals surface area contributed by atoms with Crippen LogP contribution >= 0.6 is 0 Å². The van der Waals surface area contributed by atoms with Gasteiger partial charge in [-0.1, -0.05) is 0 Å². The maximum absolute atomic E-state index is 12.9. The quantitative estimate of drug-likeness (QED) is 0.797. The standard InChI is InChI=1S/C10H11FN2O/c1-14-10-3-2-7(11)6-8(10)9(13)4-5-12/h2-3,6,9H,4,13H2,1H3/t9-/m1/s1. The zero-order chi connectivity index (χ0) is 10.6. The summed E-state index contributed by atoms with van der Waals surface area (Å²) in [4.78, 5) is 0. The van der Waals surface area contributed by atoms with Gasteiger partial charge in [-0.05, 0) is 18.2 Å². The fourth-order valence-electron chi connectivity index (χ4n) is 1.20. The highest BCUT2D eigenvalue weighted by Gasteiger charge is 2.12. The molecule has 0 aromatic heterocycles. The largest absolute Gasteiger partial charge is 0.496 e. The summed E-state index contributed by atoms with van der Waals surface area (Å²) in [5, 5.41) is 8.47. The normalized spacial score (nSPS) is 11.9. The van der Waals surface area contributed by atoms with Gasteiger partial charge in [-0.3, -0.25) is 0 Å². The molecule has 1 atom stereocenters. The summed E-state index contributed by atoms with van der Waals surface area (Å²) in [6.07, 6.45) is 0.139. The SMILES string of the molecule is COc1ccc(F)cc1[C@H](N)CC#N. The summed E-state index contributed by atoms with van der Waals surface area (Å²) in [6, 6.07) is 5.51. The Morgan fingerprint density at radius 1 is 1.64 bits per heavy atom. The van der Waals surface area contributed by atoms with Gasteiger partial charge in [0.1, 0.15) is 11.6 Å². The molecule has 0 aliphatic heterocycles. The van der Waals surface area contributed by atoms with E-state index in [0.717, 1.165) is 0 Å². The average Bonchev–Trinajstić information content (AvgIpc) is 2.18. The van der Waals surface area contributed by atoms with Gasteiger partial charge >= 0.3 is 0 Å². The molecular formula is C10H11FN2O. The van der Waals surface area contributed by atoms with Crippen molar-refractivity contribution < 1.29 is 9.13 Å². The molecule has 0 saturated carbocycles. The molecule has 0 amide bonds. The lowest BCUT2D eigenvalue weighted by atomic mass is 10.0. The van der Waals surface area contributed by atoms with Gasteiger partial charge in [-0.25, -0.2) is 4.39 Å². The molecule has 0 saturated heterocycles. The van der Waals surface area contributed by atoms with E-state index < -0.39 is 6.04 Å². The molecule has 0 aliphatic rings. The molecule has 0 bridgehead atoms. The third-order valence-corrected chi connectivity index (χ3v) is 1.90. The minimum atomic E-state index is -0.509.